The summed E-state index contributed by atoms with van der Waals surface area (Å²) >= 11 is 0. The van der Waals surface area contributed by atoms with Crippen LogP contribution in [0.15, 0.2) is 30.3 Å². The van der Waals surface area contributed by atoms with Crippen LogP contribution in [0.4, 0.5) is 0 Å². The standard InChI is InChI=1S/C13H22N2O3S/c1-15(10-13(14)11-18-2)19(16,17)9-8-12-6-4-3-5-7-12/h3-7,13H,8-11,14H2,1-2H3. The fraction of sp³-hybridized carbons (Fsp3) is 0.538. The van der Waals surface area contributed by atoms with Crippen molar-refractivity contribution in [2.24, 2.45) is 5.73 Å². The van der Waals surface area contributed by atoms with Crippen LogP contribution >= 0.6 is 0 Å². The normalized spacial score (nSPS) is 13.7. The van der Waals surface area contributed by atoms with Crippen molar-refractivity contribution in [3.63, 3.8) is 0 Å². The Kier molecular flexibility index (Phi) is 6.44. The molecule has 108 valence electrons. The first-order chi connectivity index (χ1) is 8.95. The van der Waals surface area contributed by atoms with Crippen LogP contribution in [0.5, 0.6) is 0 Å². The molecule has 0 fully saturated rings. The third kappa shape index (κ3) is 5.69. The largest absolute Gasteiger partial charge is 0.383 e. The van der Waals surface area contributed by atoms with Crippen LogP contribution in [-0.4, -0.2) is 51.8 Å². The summed E-state index contributed by atoms with van der Waals surface area (Å²) in [6, 6.07) is 9.26. The highest BCUT2D eigenvalue weighted by molar-refractivity contribution is 7.89. The quantitative estimate of drug-likeness (QED) is 0.754. The van der Waals surface area contributed by atoms with Crippen LogP contribution < -0.4 is 5.73 Å². The average Bonchev–Trinajstić information content (AvgIpc) is 2.38. The molecule has 0 spiro atoms. The number of nitrogens with two attached hydrogens (primary N) is 1. The summed E-state index contributed by atoms with van der Waals surface area (Å²) in [5.41, 5.74) is 6.77. The van der Waals surface area contributed by atoms with Crippen molar-refractivity contribution >= 4 is 10.0 Å². The number of hydrogen-bond acceptors (Lipinski definition) is 4. The highest BCUT2D eigenvalue weighted by Crippen LogP contribution is 2.05. The molecule has 0 radical (unpaired) electrons. The van der Waals surface area contributed by atoms with Crippen molar-refractivity contribution in [2.75, 3.05) is 33.1 Å². The molecule has 0 aliphatic rings. The lowest BCUT2D eigenvalue weighted by atomic mass is 10.2. The number of rotatable bonds is 8. The number of aryl methyl sites for hydroxylation is 1. The minimum atomic E-state index is -3.27. The molecule has 0 saturated carbocycles. The maximum atomic E-state index is 12.1. The molecule has 1 unspecified atom stereocenters. The molecule has 6 heteroatoms. The van der Waals surface area contributed by atoms with Crippen LogP contribution in [0.2, 0.25) is 0 Å². The fourth-order valence-electron chi connectivity index (χ4n) is 1.76. The van der Waals surface area contributed by atoms with E-state index in [-0.39, 0.29) is 18.3 Å². The number of hydrogen-bond donors (Lipinski definition) is 1. The summed E-state index contributed by atoms with van der Waals surface area (Å²) in [6.45, 7) is 0.615. The van der Waals surface area contributed by atoms with Crippen molar-refractivity contribution in [1.82, 2.24) is 4.31 Å². The van der Waals surface area contributed by atoms with Gasteiger partial charge in [-0.1, -0.05) is 30.3 Å². The summed E-state index contributed by atoms with van der Waals surface area (Å²) < 4.78 is 30.4. The van der Waals surface area contributed by atoms with Crippen LogP contribution in [0, 0.1) is 0 Å². The Morgan fingerprint density at radius 3 is 2.53 bits per heavy atom. The zero-order valence-corrected chi connectivity index (χ0v) is 12.3. The molecule has 19 heavy (non-hydrogen) atoms. The van der Waals surface area contributed by atoms with E-state index in [1.54, 1.807) is 14.2 Å². The van der Waals surface area contributed by atoms with E-state index in [2.05, 4.69) is 0 Å². The van der Waals surface area contributed by atoms with E-state index < -0.39 is 10.0 Å². The second-order valence-electron chi connectivity index (χ2n) is 4.55. The van der Waals surface area contributed by atoms with Crippen molar-refractivity contribution < 1.29 is 13.2 Å². The number of nitrogens with zero attached hydrogens (tertiary/aromatic N) is 1. The monoisotopic (exact) mass is 286 g/mol. The molecule has 0 aliphatic carbocycles. The smallest absolute Gasteiger partial charge is 0.214 e. The van der Waals surface area contributed by atoms with Gasteiger partial charge in [-0.25, -0.2) is 12.7 Å². The topological polar surface area (TPSA) is 72.6 Å². The second-order valence-corrected chi connectivity index (χ2v) is 6.74. The lowest BCUT2D eigenvalue weighted by Crippen LogP contribution is -2.42. The van der Waals surface area contributed by atoms with E-state index in [9.17, 15) is 8.42 Å². The summed E-state index contributed by atoms with van der Waals surface area (Å²) in [6.07, 6.45) is 0.507. The van der Waals surface area contributed by atoms with Crippen molar-refractivity contribution in [2.45, 2.75) is 12.5 Å². The molecular formula is C13H22N2O3S. The minimum absolute atomic E-state index is 0.0905. The zero-order valence-electron chi connectivity index (χ0n) is 11.5. The van der Waals surface area contributed by atoms with Crippen molar-refractivity contribution in [3.8, 4) is 0 Å². The summed E-state index contributed by atoms with van der Waals surface area (Å²) in [7, 11) is -0.177. The van der Waals surface area contributed by atoms with Gasteiger partial charge >= 0.3 is 0 Å². The first kappa shape index (κ1) is 16.1. The Morgan fingerprint density at radius 2 is 1.95 bits per heavy atom. The van der Waals surface area contributed by atoms with Gasteiger partial charge in [-0.2, -0.15) is 0 Å². The Bertz CT molecular complexity index is 462. The lowest BCUT2D eigenvalue weighted by Gasteiger charge is -2.20. The van der Waals surface area contributed by atoms with Gasteiger partial charge in [0.1, 0.15) is 0 Å². The van der Waals surface area contributed by atoms with Crippen LogP contribution in [0.1, 0.15) is 5.56 Å². The van der Waals surface area contributed by atoms with Gasteiger partial charge in [0.2, 0.25) is 10.0 Å². The van der Waals surface area contributed by atoms with Gasteiger partial charge in [0, 0.05) is 26.7 Å². The van der Waals surface area contributed by atoms with Gasteiger partial charge in [-0.3, -0.25) is 0 Å². The molecule has 1 atom stereocenters. The fourth-order valence-corrected chi connectivity index (χ4v) is 2.98. The van der Waals surface area contributed by atoms with Gasteiger partial charge in [-0.15, -0.1) is 0 Å². The number of methoxy groups -OCH3 is 1. The first-order valence-electron chi connectivity index (χ1n) is 6.18. The Balaban J connectivity index is 2.51. The SMILES string of the molecule is COCC(N)CN(C)S(=O)(=O)CCc1ccccc1. The van der Waals surface area contributed by atoms with Gasteiger partial charge in [0.15, 0.2) is 0 Å². The van der Waals surface area contributed by atoms with Crippen LogP contribution in [0.3, 0.4) is 0 Å². The van der Waals surface area contributed by atoms with Crippen LogP contribution in [0.25, 0.3) is 0 Å². The van der Waals surface area contributed by atoms with E-state index in [1.807, 2.05) is 30.3 Å². The maximum absolute atomic E-state index is 12.1. The molecule has 0 amide bonds. The third-order valence-electron chi connectivity index (χ3n) is 2.84. The molecule has 0 bridgehead atoms. The van der Waals surface area contributed by atoms with E-state index in [0.29, 0.717) is 13.0 Å². The number of sulfonamides is 1. The molecule has 0 aliphatic heterocycles. The van der Waals surface area contributed by atoms with E-state index in [4.69, 9.17) is 10.5 Å². The molecular weight excluding hydrogens is 264 g/mol. The van der Waals surface area contributed by atoms with Crippen molar-refractivity contribution in [3.05, 3.63) is 35.9 Å². The van der Waals surface area contributed by atoms with Crippen LogP contribution in [-0.2, 0) is 21.2 Å². The maximum Gasteiger partial charge on any atom is 0.214 e. The van der Waals surface area contributed by atoms with Gasteiger partial charge in [-0.05, 0) is 12.0 Å². The predicted octanol–water partition coefficient (Wildman–Crippen LogP) is 0.464. The number of likely N-dealkylation sites (N-methyl/N-ethyl adjacent to an activating group) is 1. The Hall–Kier alpha value is -0.950. The lowest BCUT2D eigenvalue weighted by molar-refractivity contribution is 0.173. The molecule has 2 N–H and O–H groups in total. The summed E-state index contributed by atoms with van der Waals surface area (Å²) in [5, 5.41) is 0. The van der Waals surface area contributed by atoms with Gasteiger partial charge in [0.25, 0.3) is 0 Å². The van der Waals surface area contributed by atoms with E-state index in [1.165, 1.54) is 4.31 Å². The minimum Gasteiger partial charge on any atom is -0.383 e. The predicted molar refractivity (Wildman–Crippen MR) is 76.4 cm³/mol. The summed E-state index contributed by atoms with van der Waals surface area (Å²) in [4.78, 5) is 0. The molecule has 1 rings (SSSR count). The molecule has 5 nitrogen and oxygen atoms in total. The molecule has 0 aromatic heterocycles. The molecule has 1 aromatic carbocycles. The molecule has 1 aromatic rings. The second kappa shape index (κ2) is 7.59. The Morgan fingerprint density at radius 1 is 1.32 bits per heavy atom. The number of benzene rings is 1. The first-order valence-corrected chi connectivity index (χ1v) is 7.79. The summed E-state index contributed by atoms with van der Waals surface area (Å²) in [5.74, 6) is 0.0905. The van der Waals surface area contributed by atoms with E-state index in [0.717, 1.165) is 5.56 Å². The highest BCUT2D eigenvalue weighted by atomic mass is 32.2. The molecule has 0 heterocycles. The average molecular weight is 286 g/mol. The van der Waals surface area contributed by atoms with E-state index >= 15 is 0 Å². The third-order valence-corrected chi connectivity index (χ3v) is 4.66. The van der Waals surface area contributed by atoms with Crippen molar-refractivity contribution in [1.29, 1.82) is 0 Å². The van der Waals surface area contributed by atoms with Gasteiger partial charge in [0.05, 0.1) is 12.4 Å². The molecule has 0 saturated heterocycles. The highest BCUT2D eigenvalue weighted by Gasteiger charge is 2.19. The number of ether oxygens (including phenoxy) is 1. The zero-order chi connectivity index (χ0) is 14.3. The van der Waals surface area contributed by atoms with Gasteiger partial charge < -0.3 is 10.5 Å². The Labute approximate surface area is 115 Å².